The summed E-state index contributed by atoms with van der Waals surface area (Å²) in [5.74, 6) is -0.136. The molecule has 0 spiro atoms. The summed E-state index contributed by atoms with van der Waals surface area (Å²) in [7, 11) is -3.42. The molecule has 0 fully saturated rings. The van der Waals surface area contributed by atoms with E-state index in [0.29, 0.717) is 17.1 Å². The number of aryl methyl sites for hydroxylation is 1. The molecule has 24 heavy (non-hydrogen) atoms. The number of imidazole rings is 1. The average molecular weight is 362 g/mol. The number of benzene rings is 1. The van der Waals surface area contributed by atoms with Gasteiger partial charge < -0.3 is 10.7 Å². The van der Waals surface area contributed by atoms with Gasteiger partial charge in [-0.1, -0.05) is 6.07 Å². The Bertz CT molecular complexity index is 1020. The standard InChI is InChI=1S/C15H14N4O3S2/c1-8-12(23-15(19-8)13(16)20)9-3-4-11(24(2,21)22)10(7-9)14-17-5-6-18-14/h3-7H,1-2H3,(H2,16,20)(H,17,18). The monoisotopic (exact) mass is 362 g/mol. The van der Waals surface area contributed by atoms with Crippen LogP contribution in [0.1, 0.15) is 15.5 Å². The van der Waals surface area contributed by atoms with E-state index in [-0.39, 0.29) is 9.90 Å². The molecule has 2 aromatic heterocycles. The summed E-state index contributed by atoms with van der Waals surface area (Å²) in [5.41, 5.74) is 7.15. The Hall–Kier alpha value is -2.52. The maximum atomic E-state index is 12.0. The maximum absolute atomic E-state index is 12.0. The third-order valence-electron chi connectivity index (χ3n) is 3.40. The molecule has 0 saturated carbocycles. The van der Waals surface area contributed by atoms with Gasteiger partial charge in [0.2, 0.25) is 0 Å². The molecular formula is C15H14N4O3S2. The van der Waals surface area contributed by atoms with Crippen LogP contribution in [0.15, 0.2) is 35.5 Å². The second kappa shape index (κ2) is 5.84. The fraction of sp³-hybridized carbons (Fsp3) is 0.133. The minimum Gasteiger partial charge on any atom is -0.364 e. The molecule has 0 aliphatic heterocycles. The van der Waals surface area contributed by atoms with Crippen LogP contribution in [0.4, 0.5) is 0 Å². The number of thiazole rings is 1. The SMILES string of the molecule is Cc1nc(C(N)=O)sc1-c1ccc(S(C)(=O)=O)c(-c2ncc[nH]2)c1. The molecule has 0 aliphatic carbocycles. The van der Waals surface area contributed by atoms with Gasteiger partial charge in [0.05, 0.1) is 15.5 Å². The van der Waals surface area contributed by atoms with Crippen molar-refractivity contribution >= 4 is 27.1 Å². The minimum atomic E-state index is -3.42. The van der Waals surface area contributed by atoms with Crippen LogP contribution in [0, 0.1) is 6.92 Å². The highest BCUT2D eigenvalue weighted by atomic mass is 32.2. The largest absolute Gasteiger partial charge is 0.364 e. The van der Waals surface area contributed by atoms with E-state index in [1.54, 1.807) is 31.5 Å². The van der Waals surface area contributed by atoms with Crippen molar-refractivity contribution < 1.29 is 13.2 Å². The Morgan fingerprint density at radius 2 is 2.08 bits per heavy atom. The lowest BCUT2D eigenvalue weighted by atomic mass is 10.1. The Labute approximate surface area is 142 Å². The zero-order valence-electron chi connectivity index (χ0n) is 12.9. The van der Waals surface area contributed by atoms with Crippen LogP contribution in [-0.4, -0.2) is 35.5 Å². The average Bonchev–Trinajstić information content (AvgIpc) is 3.15. The number of nitrogens with two attached hydrogens (primary N) is 1. The summed E-state index contributed by atoms with van der Waals surface area (Å²) in [6, 6.07) is 4.94. The minimum absolute atomic E-state index is 0.179. The molecule has 0 saturated heterocycles. The third kappa shape index (κ3) is 2.95. The zero-order chi connectivity index (χ0) is 17.5. The van der Waals surface area contributed by atoms with Crippen molar-refractivity contribution in [3.63, 3.8) is 0 Å². The van der Waals surface area contributed by atoms with E-state index in [0.717, 1.165) is 16.7 Å². The van der Waals surface area contributed by atoms with Gasteiger partial charge in [-0.3, -0.25) is 4.79 Å². The van der Waals surface area contributed by atoms with Crippen LogP contribution in [0.5, 0.6) is 0 Å². The molecule has 9 heteroatoms. The second-order valence-electron chi connectivity index (χ2n) is 5.22. The second-order valence-corrected chi connectivity index (χ2v) is 8.20. The Kier molecular flexibility index (Phi) is 3.98. The number of sulfone groups is 1. The fourth-order valence-corrected chi connectivity index (χ4v) is 4.15. The number of rotatable bonds is 4. The molecule has 124 valence electrons. The maximum Gasteiger partial charge on any atom is 0.277 e. The fourth-order valence-electron chi connectivity index (χ4n) is 2.36. The first kappa shape index (κ1) is 16.3. The molecule has 0 bridgehead atoms. The Morgan fingerprint density at radius 1 is 1.33 bits per heavy atom. The topological polar surface area (TPSA) is 119 Å². The molecule has 3 N–H and O–H groups in total. The van der Waals surface area contributed by atoms with Gasteiger partial charge in [0.1, 0.15) is 5.82 Å². The van der Waals surface area contributed by atoms with Crippen molar-refractivity contribution in [1.82, 2.24) is 15.0 Å². The highest BCUT2D eigenvalue weighted by Gasteiger charge is 2.19. The van der Waals surface area contributed by atoms with Crippen molar-refractivity contribution in [3.8, 4) is 21.8 Å². The van der Waals surface area contributed by atoms with Crippen molar-refractivity contribution in [2.75, 3.05) is 6.26 Å². The first-order chi connectivity index (χ1) is 11.3. The van der Waals surface area contributed by atoms with Gasteiger partial charge >= 0.3 is 0 Å². The molecule has 1 amide bonds. The summed E-state index contributed by atoms with van der Waals surface area (Å²) in [5, 5.41) is 0.217. The molecule has 1 aromatic carbocycles. The van der Waals surface area contributed by atoms with E-state index in [1.807, 2.05) is 0 Å². The summed E-state index contributed by atoms with van der Waals surface area (Å²) in [6.07, 6.45) is 4.33. The first-order valence-corrected chi connectivity index (χ1v) is 9.59. The predicted molar refractivity (Wildman–Crippen MR) is 91.5 cm³/mol. The van der Waals surface area contributed by atoms with Crippen LogP contribution in [0.3, 0.4) is 0 Å². The van der Waals surface area contributed by atoms with Gasteiger partial charge in [0, 0.05) is 24.2 Å². The number of hydrogen-bond donors (Lipinski definition) is 2. The number of H-pyrrole nitrogens is 1. The molecule has 3 rings (SSSR count). The third-order valence-corrected chi connectivity index (χ3v) is 5.78. The number of primary amides is 1. The smallest absolute Gasteiger partial charge is 0.277 e. The van der Waals surface area contributed by atoms with E-state index < -0.39 is 15.7 Å². The lowest BCUT2D eigenvalue weighted by Gasteiger charge is -2.08. The predicted octanol–water partition coefficient (Wildman–Crippen LogP) is 2.01. The van der Waals surface area contributed by atoms with Crippen molar-refractivity contribution in [2.24, 2.45) is 5.73 Å². The molecular weight excluding hydrogens is 348 g/mol. The van der Waals surface area contributed by atoms with E-state index in [4.69, 9.17) is 5.73 Å². The molecule has 2 heterocycles. The summed E-state index contributed by atoms with van der Waals surface area (Å²) in [6.45, 7) is 1.77. The van der Waals surface area contributed by atoms with Crippen LogP contribution >= 0.6 is 11.3 Å². The molecule has 7 nitrogen and oxygen atoms in total. The number of aromatic nitrogens is 3. The quantitative estimate of drug-likeness (QED) is 0.736. The van der Waals surface area contributed by atoms with Crippen LogP contribution in [-0.2, 0) is 9.84 Å². The number of carbonyl (C=O) groups excluding carboxylic acids is 1. The van der Waals surface area contributed by atoms with Gasteiger partial charge in [-0.05, 0) is 24.6 Å². The number of amides is 1. The molecule has 3 aromatic rings. The van der Waals surface area contributed by atoms with E-state index >= 15 is 0 Å². The first-order valence-electron chi connectivity index (χ1n) is 6.89. The Morgan fingerprint density at radius 3 is 2.62 bits per heavy atom. The summed E-state index contributed by atoms with van der Waals surface area (Å²) in [4.78, 5) is 23.5. The number of aromatic amines is 1. The van der Waals surface area contributed by atoms with Gasteiger partial charge in [0.25, 0.3) is 5.91 Å². The van der Waals surface area contributed by atoms with Crippen molar-refractivity contribution in [2.45, 2.75) is 11.8 Å². The highest BCUT2D eigenvalue weighted by molar-refractivity contribution is 7.90. The zero-order valence-corrected chi connectivity index (χ0v) is 14.5. The molecule has 0 radical (unpaired) electrons. The van der Waals surface area contributed by atoms with Gasteiger partial charge in [-0.25, -0.2) is 18.4 Å². The number of carbonyl (C=O) groups is 1. The summed E-state index contributed by atoms with van der Waals surface area (Å²) < 4.78 is 24.1. The highest BCUT2D eigenvalue weighted by Crippen LogP contribution is 2.35. The van der Waals surface area contributed by atoms with Gasteiger partial charge in [-0.15, -0.1) is 11.3 Å². The van der Waals surface area contributed by atoms with E-state index in [2.05, 4.69) is 15.0 Å². The van der Waals surface area contributed by atoms with E-state index in [1.165, 1.54) is 17.4 Å². The Balaban J connectivity index is 2.22. The van der Waals surface area contributed by atoms with E-state index in [9.17, 15) is 13.2 Å². The lowest BCUT2D eigenvalue weighted by molar-refractivity contribution is 0.1000. The number of nitrogens with zero attached hydrogens (tertiary/aromatic N) is 2. The lowest BCUT2D eigenvalue weighted by Crippen LogP contribution is -2.10. The normalized spacial score (nSPS) is 11.6. The van der Waals surface area contributed by atoms with Gasteiger partial charge in [-0.2, -0.15) is 0 Å². The van der Waals surface area contributed by atoms with Crippen LogP contribution < -0.4 is 5.73 Å². The molecule has 0 unspecified atom stereocenters. The van der Waals surface area contributed by atoms with Crippen LogP contribution in [0.2, 0.25) is 0 Å². The van der Waals surface area contributed by atoms with Gasteiger partial charge in [0.15, 0.2) is 14.8 Å². The summed E-state index contributed by atoms with van der Waals surface area (Å²) >= 11 is 1.17. The molecule has 0 aliphatic rings. The van der Waals surface area contributed by atoms with Crippen molar-refractivity contribution in [3.05, 3.63) is 41.3 Å². The number of nitrogens with one attached hydrogen (secondary N) is 1. The van der Waals surface area contributed by atoms with Crippen LogP contribution in [0.25, 0.3) is 21.8 Å². The van der Waals surface area contributed by atoms with Crippen molar-refractivity contribution in [1.29, 1.82) is 0 Å². The number of hydrogen-bond acceptors (Lipinski definition) is 6. The molecule has 0 atom stereocenters.